The van der Waals surface area contributed by atoms with E-state index in [0.717, 1.165) is 57.5 Å². The van der Waals surface area contributed by atoms with E-state index in [1.54, 1.807) is 0 Å². The number of rotatable bonds is 7. The molecule has 6 aromatic carbocycles. The molecule has 6 heteroatoms. The summed E-state index contributed by atoms with van der Waals surface area (Å²) in [5, 5.41) is 13.9. The number of nitrogens with zero attached hydrogens (tertiary/aromatic N) is 4. The molecule has 7 aromatic rings. The molecule has 0 amide bonds. The largest absolute Gasteiger partial charge is 0.491 e. The Hall–Kier alpha value is -6.01. The number of hydrogen-bond donors (Lipinski definition) is 1. The van der Waals surface area contributed by atoms with E-state index in [1.165, 1.54) is 5.56 Å². The summed E-state index contributed by atoms with van der Waals surface area (Å²) in [7, 11) is 0. The van der Waals surface area contributed by atoms with Gasteiger partial charge in [-0.15, -0.1) is 5.10 Å². The highest BCUT2D eigenvalue weighted by molar-refractivity contribution is 5.84. The molecule has 0 bridgehead atoms. The zero-order valence-corrected chi connectivity index (χ0v) is 26.5. The maximum Gasteiger partial charge on any atom is 0.184 e. The van der Waals surface area contributed by atoms with Crippen molar-refractivity contribution in [3.8, 4) is 28.3 Å². The van der Waals surface area contributed by atoms with Crippen molar-refractivity contribution in [3.63, 3.8) is 0 Å². The second-order valence-corrected chi connectivity index (χ2v) is 12.2. The fourth-order valence-electron chi connectivity index (χ4n) is 7.32. The van der Waals surface area contributed by atoms with Gasteiger partial charge in [0.25, 0.3) is 0 Å². The first kappa shape index (κ1) is 29.4. The molecule has 2 heterocycles. The molecule has 2 N–H and O–H groups in total. The van der Waals surface area contributed by atoms with Crippen LogP contribution in [0.3, 0.4) is 0 Å². The van der Waals surface area contributed by atoms with Crippen molar-refractivity contribution >= 4 is 5.69 Å². The standard InChI is InChI=1S/C42H35N5O/c43-39-29-31(28-38-35(26-15-27-48-40(38)39)30-16-5-1-6-17-30)36-24-13-14-25-37(36)41-44-45-46-47(41)42(32-18-7-2-8-19-32,33-20-9-3-10-21-33)34-22-11-4-12-23-34/h1-14,16-25,28-29,35H,15,26-27,43H2. The SMILES string of the molecule is Nc1cc(-c2ccccc2-c2nnnn2C(c2ccccc2)(c2ccccc2)c2ccccc2)cc2c1OCCCC2c1ccccc1. The van der Waals surface area contributed by atoms with Gasteiger partial charge < -0.3 is 10.5 Å². The number of anilines is 1. The summed E-state index contributed by atoms with van der Waals surface area (Å²) in [4.78, 5) is 0. The second-order valence-electron chi connectivity index (χ2n) is 12.2. The molecule has 1 unspecified atom stereocenters. The van der Waals surface area contributed by atoms with E-state index < -0.39 is 5.54 Å². The van der Waals surface area contributed by atoms with Crippen LogP contribution in [0, 0.1) is 0 Å². The Morgan fingerprint density at radius 2 is 1.19 bits per heavy atom. The van der Waals surface area contributed by atoms with Crippen LogP contribution in [-0.4, -0.2) is 26.8 Å². The Bertz CT molecular complexity index is 2050. The van der Waals surface area contributed by atoms with Gasteiger partial charge in [-0.1, -0.05) is 146 Å². The molecule has 0 spiro atoms. The predicted molar refractivity (Wildman–Crippen MR) is 191 cm³/mol. The topological polar surface area (TPSA) is 78.9 Å². The van der Waals surface area contributed by atoms with E-state index in [2.05, 4.69) is 133 Å². The minimum Gasteiger partial charge on any atom is -0.491 e. The van der Waals surface area contributed by atoms with Crippen molar-refractivity contribution in [3.05, 3.63) is 186 Å². The van der Waals surface area contributed by atoms with E-state index >= 15 is 0 Å². The van der Waals surface area contributed by atoms with Crippen LogP contribution < -0.4 is 10.5 Å². The molecule has 1 aromatic heterocycles. The number of benzene rings is 6. The molecule has 1 aliphatic rings. The summed E-state index contributed by atoms with van der Waals surface area (Å²) < 4.78 is 8.25. The van der Waals surface area contributed by atoms with Crippen LogP contribution in [0.5, 0.6) is 5.75 Å². The fraction of sp³-hybridized carbons (Fsp3) is 0.119. The minimum atomic E-state index is -0.866. The Morgan fingerprint density at radius 1 is 0.646 bits per heavy atom. The number of tetrazole rings is 1. The number of nitrogen functional groups attached to an aromatic ring is 1. The lowest BCUT2D eigenvalue weighted by Crippen LogP contribution is -2.39. The lowest BCUT2D eigenvalue weighted by atomic mass is 9.77. The molecule has 1 atom stereocenters. The molecular formula is C42H35N5O. The van der Waals surface area contributed by atoms with Gasteiger partial charge in [-0.2, -0.15) is 0 Å². The van der Waals surface area contributed by atoms with Gasteiger partial charge in [0.1, 0.15) is 11.3 Å². The van der Waals surface area contributed by atoms with E-state index in [0.29, 0.717) is 18.1 Å². The third-order valence-electron chi connectivity index (χ3n) is 9.45. The summed E-state index contributed by atoms with van der Waals surface area (Å²) in [6.07, 6.45) is 1.93. The smallest absolute Gasteiger partial charge is 0.184 e. The van der Waals surface area contributed by atoms with Gasteiger partial charge in [0.15, 0.2) is 5.82 Å². The van der Waals surface area contributed by atoms with Crippen molar-refractivity contribution in [1.29, 1.82) is 0 Å². The van der Waals surface area contributed by atoms with Gasteiger partial charge in [0.05, 0.1) is 12.3 Å². The number of ether oxygens (including phenoxy) is 1. The summed E-state index contributed by atoms with van der Waals surface area (Å²) in [6, 6.07) is 54.6. The lowest BCUT2D eigenvalue weighted by Gasteiger charge is -2.36. The van der Waals surface area contributed by atoms with Gasteiger partial charge in [-0.3, -0.25) is 0 Å². The number of hydrogen-bond acceptors (Lipinski definition) is 5. The van der Waals surface area contributed by atoms with Gasteiger partial charge in [-0.05, 0) is 68.8 Å². The van der Waals surface area contributed by atoms with Crippen molar-refractivity contribution in [1.82, 2.24) is 20.2 Å². The monoisotopic (exact) mass is 625 g/mol. The fourth-order valence-corrected chi connectivity index (χ4v) is 7.32. The maximum atomic E-state index is 6.81. The van der Waals surface area contributed by atoms with E-state index in [4.69, 9.17) is 20.8 Å². The quantitative estimate of drug-likeness (QED) is 0.142. The van der Waals surface area contributed by atoms with Crippen molar-refractivity contribution in [2.45, 2.75) is 24.3 Å². The predicted octanol–water partition coefficient (Wildman–Crippen LogP) is 8.73. The summed E-state index contributed by atoms with van der Waals surface area (Å²) >= 11 is 0. The molecule has 48 heavy (non-hydrogen) atoms. The van der Waals surface area contributed by atoms with Crippen LogP contribution in [0.2, 0.25) is 0 Å². The third kappa shape index (κ3) is 5.03. The lowest BCUT2D eigenvalue weighted by molar-refractivity contribution is 0.318. The van der Waals surface area contributed by atoms with E-state index in [1.807, 2.05) is 35.0 Å². The van der Waals surface area contributed by atoms with Gasteiger partial charge >= 0.3 is 0 Å². The second kappa shape index (κ2) is 12.6. The minimum absolute atomic E-state index is 0.172. The van der Waals surface area contributed by atoms with Crippen LogP contribution in [0.1, 0.15) is 46.6 Å². The summed E-state index contributed by atoms with van der Waals surface area (Å²) in [5.74, 6) is 1.60. The molecule has 0 saturated carbocycles. The molecule has 1 aliphatic heterocycles. The molecule has 234 valence electrons. The molecule has 0 fully saturated rings. The van der Waals surface area contributed by atoms with E-state index in [9.17, 15) is 0 Å². The highest BCUT2D eigenvalue weighted by Crippen LogP contribution is 2.46. The Balaban J connectivity index is 1.36. The highest BCUT2D eigenvalue weighted by atomic mass is 16.5. The van der Waals surface area contributed by atoms with Crippen LogP contribution in [0.4, 0.5) is 5.69 Å². The summed E-state index contributed by atoms with van der Waals surface area (Å²) in [6.45, 7) is 0.645. The Morgan fingerprint density at radius 3 is 1.79 bits per heavy atom. The van der Waals surface area contributed by atoms with Gasteiger partial charge in [-0.25, -0.2) is 4.68 Å². The average Bonchev–Trinajstić information content (AvgIpc) is 3.54. The van der Waals surface area contributed by atoms with E-state index in [-0.39, 0.29) is 5.92 Å². The zero-order valence-electron chi connectivity index (χ0n) is 26.5. The zero-order chi connectivity index (χ0) is 32.3. The number of fused-ring (bicyclic) bond motifs is 1. The van der Waals surface area contributed by atoms with Crippen molar-refractivity contribution in [2.24, 2.45) is 0 Å². The molecule has 0 saturated heterocycles. The van der Waals surface area contributed by atoms with Gasteiger partial charge in [0.2, 0.25) is 0 Å². The van der Waals surface area contributed by atoms with Crippen LogP contribution in [0.15, 0.2) is 158 Å². The maximum absolute atomic E-state index is 6.81. The van der Waals surface area contributed by atoms with Crippen LogP contribution >= 0.6 is 0 Å². The normalized spacial score (nSPS) is 14.5. The summed E-state index contributed by atoms with van der Waals surface area (Å²) in [5.41, 5.74) is 15.0. The number of nitrogens with two attached hydrogens (primary N) is 1. The van der Waals surface area contributed by atoms with Gasteiger partial charge in [0, 0.05) is 17.0 Å². The first-order valence-electron chi connectivity index (χ1n) is 16.4. The molecule has 0 aliphatic carbocycles. The van der Waals surface area contributed by atoms with Crippen LogP contribution in [0.25, 0.3) is 22.5 Å². The first-order chi connectivity index (χ1) is 23.7. The van der Waals surface area contributed by atoms with Crippen LogP contribution in [-0.2, 0) is 5.54 Å². The highest BCUT2D eigenvalue weighted by Gasteiger charge is 2.42. The van der Waals surface area contributed by atoms with Crippen molar-refractivity contribution in [2.75, 3.05) is 12.3 Å². The average molecular weight is 626 g/mol. The first-order valence-corrected chi connectivity index (χ1v) is 16.4. The van der Waals surface area contributed by atoms with Crippen molar-refractivity contribution < 1.29 is 4.74 Å². The Labute approximate surface area is 280 Å². The molecule has 6 nitrogen and oxygen atoms in total. The molecular weight excluding hydrogens is 590 g/mol. The number of aromatic nitrogens is 4. The molecule has 0 radical (unpaired) electrons. The third-order valence-corrected chi connectivity index (χ3v) is 9.45. The Kier molecular flexibility index (Phi) is 7.75. The molecule has 8 rings (SSSR count).